The number of imidazole rings is 1. The summed E-state index contributed by atoms with van der Waals surface area (Å²) in [6.45, 7) is 4.02. The molecule has 0 radical (unpaired) electrons. The van der Waals surface area contributed by atoms with Gasteiger partial charge < -0.3 is 4.40 Å². The van der Waals surface area contributed by atoms with Crippen LogP contribution in [-0.4, -0.2) is 9.38 Å². The van der Waals surface area contributed by atoms with Gasteiger partial charge in [0.15, 0.2) is 0 Å². The lowest BCUT2D eigenvalue weighted by atomic mass is 10.1. The van der Waals surface area contributed by atoms with E-state index in [1.54, 1.807) is 0 Å². The van der Waals surface area contributed by atoms with Crippen molar-refractivity contribution in [1.29, 1.82) is 0 Å². The maximum atomic E-state index is 6.36. The average Bonchev–Trinajstić information content (AvgIpc) is 2.78. The molecule has 1 atom stereocenters. The number of nitrogens with zero attached hydrogens (tertiary/aromatic N) is 2. The van der Waals surface area contributed by atoms with Crippen LogP contribution in [0, 0.1) is 6.92 Å². The second kappa shape index (κ2) is 5.12. The van der Waals surface area contributed by atoms with Gasteiger partial charge in [0.1, 0.15) is 5.65 Å². The molecule has 0 amide bonds. The van der Waals surface area contributed by atoms with Crippen LogP contribution in [0.1, 0.15) is 23.6 Å². The van der Waals surface area contributed by atoms with Gasteiger partial charge in [-0.25, -0.2) is 4.98 Å². The van der Waals surface area contributed by atoms with Crippen molar-refractivity contribution in [2.24, 2.45) is 0 Å². The summed E-state index contributed by atoms with van der Waals surface area (Å²) in [7, 11) is 0. The van der Waals surface area contributed by atoms with E-state index in [0.717, 1.165) is 22.6 Å². The number of pyridine rings is 1. The zero-order valence-corrected chi connectivity index (χ0v) is 12.8. The van der Waals surface area contributed by atoms with Crippen molar-refractivity contribution in [2.75, 3.05) is 0 Å². The summed E-state index contributed by atoms with van der Waals surface area (Å²) in [5.74, 6) is 0. The van der Waals surface area contributed by atoms with E-state index < -0.39 is 0 Å². The van der Waals surface area contributed by atoms with Gasteiger partial charge in [-0.1, -0.05) is 41.4 Å². The topological polar surface area (TPSA) is 17.3 Å². The Morgan fingerprint density at radius 2 is 1.80 bits per heavy atom. The smallest absolute Gasteiger partial charge is 0.137 e. The lowest BCUT2D eigenvalue weighted by molar-refractivity contribution is 0.965. The predicted molar refractivity (Wildman–Crippen MR) is 84.6 cm³/mol. The van der Waals surface area contributed by atoms with Gasteiger partial charge in [0.05, 0.1) is 21.8 Å². The lowest BCUT2D eigenvalue weighted by Gasteiger charge is -2.07. The fourth-order valence-corrected chi connectivity index (χ4v) is 2.71. The Morgan fingerprint density at radius 3 is 2.45 bits per heavy atom. The van der Waals surface area contributed by atoms with E-state index in [0.29, 0.717) is 5.02 Å². The highest BCUT2D eigenvalue weighted by Gasteiger charge is 2.18. The Labute approximate surface area is 128 Å². The fraction of sp³-hybridized carbons (Fsp3) is 0.188. The first-order chi connectivity index (χ1) is 9.56. The van der Waals surface area contributed by atoms with Gasteiger partial charge in [0, 0.05) is 11.8 Å². The molecule has 0 saturated heterocycles. The van der Waals surface area contributed by atoms with E-state index in [2.05, 4.69) is 31.2 Å². The zero-order chi connectivity index (χ0) is 14.3. The number of halogens is 2. The molecule has 0 aliphatic carbocycles. The molecule has 1 unspecified atom stereocenters. The Hall–Kier alpha value is -1.51. The van der Waals surface area contributed by atoms with Gasteiger partial charge >= 0.3 is 0 Å². The zero-order valence-electron chi connectivity index (χ0n) is 11.3. The average molecular weight is 305 g/mol. The number of aromatic nitrogens is 2. The van der Waals surface area contributed by atoms with Crippen LogP contribution < -0.4 is 0 Å². The molecule has 2 heterocycles. The van der Waals surface area contributed by atoms with Crippen LogP contribution in [-0.2, 0) is 0 Å². The monoisotopic (exact) mass is 304 g/mol. The molecule has 20 heavy (non-hydrogen) atoms. The molecule has 0 fully saturated rings. The van der Waals surface area contributed by atoms with Gasteiger partial charge in [-0.15, -0.1) is 11.6 Å². The van der Waals surface area contributed by atoms with Crippen molar-refractivity contribution in [3.63, 3.8) is 0 Å². The molecular formula is C16H14Cl2N2. The Balaban J connectivity index is 2.29. The van der Waals surface area contributed by atoms with Crippen LogP contribution in [0.5, 0.6) is 0 Å². The van der Waals surface area contributed by atoms with E-state index >= 15 is 0 Å². The summed E-state index contributed by atoms with van der Waals surface area (Å²) in [6, 6.07) is 12.0. The number of alkyl halides is 1. The number of benzene rings is 1. The molecule has 3 aromatic rings. The Bertz CT molecular complexity index is 758. The first-order valence-electron chi connectivity index (χ1n) is 6.45. The molecule has 0 bridgehead atoms. The minimum absolute atomic E-state index is 0.153. The molecule has 102 valence electrons. The van der Waals surface area contributed by atoms with Crippen molar-refractivity contribution in [1.82, 2.24) is 9.38 Å². The van der Waals surface area contributed by atoms with Crippen LogP contribution in [0.3, 0.4) is 0 Å². The number of aryl methyl sites for hydroxylation is 1. The van der Waals surface area contributed by atoms with E-state index in [-0.39, 0.29) is 5.38 Å². The predicted octanol–water partition coefficient (Wildman–Crippen LogP) is 5.26. The Kier molecular flexibility index (Phi) is 3.45. The standard InChI is InChI=1S/C16H14Cl2N2/c1-10-3-5-12(6-4-10)15-16(11(2)17)20-9-13(18)7-8-14(20)19-15/h3-9,11H,1-2H3. The summed E-state index contributed by atoms with van der Waals surface area (Å²) in [6.07, 6.45) is 1.86. The van der Waals surface area contributed by atoms with Crippen LogP contribution >= 0.6 is 23.2 Å². The van der Waals surface area contributed by atoms with Gasteiger partial charge in [-0.2, -0.15) is 0 Å². The quantitative estimate of drug-likeness (QED) is 0.590. The highest BCUT2D eigenvalue weighted by atomic mass is 35.5. The molecule has 0 N–H and O–H groups in total. The summed E-state index contributed by atoms with van der Waals surface area (Å²) in [5, 5.41) is 0.517. The van der Waals surface area contributed by atoms with Crippen molar-refractivity contribution >= 4 is 28.8 Å². The minimum atomic E-state index is -0.153. The molecule has 3 rings (SSSR count). The third kappa shape index (κ3) is 2.30. The van der Waals surface area contributed by atoms with Crippen LogP contribution in [0.15, 0.2) is 42.6 Å². The van der Waals surface area contributed by atoms with Crippen molar-refractivity contribution in [3.05, 3.63) is 58.9 Å². The molecule has 0 spiro atoms. The maximum absolute atomic E-state index is 6.36. The highest BCUT2D eigenvalue weighted by molar-refractivity contribution is 6.30. The molecule has 2 aromatic heterocycles. The summed E-state index contributed by atoms with van der Waals surface area (Å²) in [5.41, 5.74) is 5.02. The molecular weight excluding hydrogens is 291 g/mol. The summed E-state index contributed by atoms with van der Waals surface area (Å²) in [4.78, 5) is 4.69. The lowest BCUT2D eigenvalue weighted by Crippen LogP contribution is -1.95. The largest absolute Gasteiger partial charge is 0.300 e. The van der Waals surface area contributed by atoms with Crippen LogP contribution in [0.25, 0.3) is 16.9 Å². The molecule has 4 heteroatoms. The van der Waals surface area contributed by atoms with Crippen molar-refractivity contribution in [2.45, 2.75) is 19.2 Å². The third-order valence-electron chi connectivity index (χ3n) is 3.32. The number of hydrogen-bond donors (Lipinski definition) is 0. The second-order valence-electron chi connectivity index (χ2n) is 4.90. The van der Waals surface area contributed by atoms with E-state index in [9.17, 15) is 0 Å². The second-order valence-corrected chi connectivity index (χ2v) is 5.99. The van der Waals surface area contributed by atoms with E-state index in [1.165, 1.54) is 5.56 Å². The highest BCUT2D eigenvalue weighted by Crippen LogP contribution is 2.32. The first-order valence-corrected chi connectivity index (χ1v) is 7.26. The molecule has 1 aromatic carbocycles. The van der Waals surface area contributed by atoms with E-state index in [4.69, 9.17) is 28.2 Å². The van der Waals surface area contributed by atoms with Gasteiger partial charge in [-0.05, 0) is 26.0 Å². The molecule has 0 aliphatic rings. The number of rotatable bonds is 2. The molecule has 2 nitrogen and oxygen atoms in total. The third-order valence-corrected chi connectivity index (χ3v) is 3.75. The molecule has 0 aliphatic heterocycles. The maximum Gasteiger partial charge on any atom is 0.137 e. The molecule has 0 saturated carbocycles. The van der Waals surface area contributed by atoms with Crippen LogP contribution in [0.2, 0.25) is 5.02 Å². The number of fused-ring (bicyclic) bond motifs is 1. The fourth-order valence-electron chi connectivity index (χ4n) is 2.34. The Morgan fingerprint density at radius 1 is 1.10 bits per heavy atom. The normalized spacial score (nSPS) is 12.8. The first kappa shape index (κ1) is 13.5. The summed E-state index contributed by atoms with van der Waals surface area (Å²) >= 11 is 12.4. The minimum Gasteiger partial charge on any atom is -0.300 e. The summed E-state index contributed by atoms with van der Waals surface area (Å²) < 4.78 is 1.97. The van der Waals surface area contributed by atoms with Crippen LogP contribution in [0.4, 0.5) is 0 Å². The van der Waals surface area contributed by atoms with Gasteiger partial charge in [0.2, 0.25) is 0 Å². The van der Waals surface area contributed by atoms with Crippen molar-refractivity contribution < 1.29 is 0 Å². The van der Waals surface area contributed by atoms with Gasteiger partial charge in [0.25, 0.3) is 0 Å². The van der Waals surface area contributed by atoms with Crippen molar-refractivity contribution in [3.8, 4) is 11.3 Å². The number of hydrogen-bond acceptors (Lipinski definition) is 1. The SMILES string of the molecule is Cc1ccc(-c2nc3ccc(Cl)cn3c2C(C)Cl)cc1. The van der Waals surface area contributed by atoms with Gasteiger partial charge in [-0.3, -0.25) is 0 Å². The van der Waals surface area contributed by atoms with E-state index in [1.807, 2.05) is 29.7 Å².